The zero-order valence-electron chi connectivity index (χ0n) is 13.2. The fourth-order valence-electron chi connectivity index (χ4n) is 2.85. The van der Waals surface area contributed by atoms with Crippen LogP contribution in [0.4, 0.5) is 0 Å². The fourth-order valence-corrected chi connectivity index (χ4v) is 3.37. The number of nitrogens with zero attached hydrogens (tertiary/aromatic N) is 2. The van der Waals surface area contributed by atoms with Gasteiger partial charge in [-0.2, -0.15) is 0 Å². The smallest absolute Gasteiger partial charge is 0.240 e. The summed E-state index contributed by atoms with van der Waals surface area (Å²) < 4.78 is 28.9. The molecule has 1 aliphatic rings. The van der Waals surface area contributed by atoms with E-state index in [1.807, 2.05) is 24.3 Å². The lowest BCUT2D eigenvalue weighted by molar-refractivity contribution is -0.131. The number of para-hydroxylation sites is 2. The Morgan fingerprint density at radius 2 is 1.96 bits per heavy atom. The Morgan fingerprint density at radius 3 is 2.57 bits per heavy atom. The molecule has 1 aromatic heterocycles. The van der Waals surface area contributed by atoms with E-state index >= 15 is 0 Å². The lowest BCUT2D eigenvalue weighted by Gasteiger charge is -2.32. The molecule has 0 saturated carbocycles. The molecule has 0 unspecified atom stereocenters. The van der Waals surface area contributed by atoms with Crippen LogP contribution in [0, 0.1) is 0 Å². The topological polar surface area (TPSA) is 80.5 Å². The van der Waals surface area contributed by atoms with Crippen LogP contribution in [0.15, 0.2) is 28.7 Å². The summed E-state index contributed by atoms with van der Waals surface area (Å²) in [5, 5.41) is -0.983. The number of piperidine rings is 1. The number of benzene rings is 1. The molecule has 6 nitrogen and oxygen atoms in total. The molecule has 1 amide bonds. The minimum Gasteiger partial charge on any atom is -0.440 e. The van der Waals surface area contributed by atoms with Crippen molar-refractivity contribution in [3.63, 3.8) is 0 Å². The number of likely N-dealkylation sites (tertiary alicyclic amines) is 1. The van der Waals surface area contributed by atoms with Crippen LogP contribution in [-0.2, 0) is 14.6 Å². The Morgan fingerprint density at radius 1 is 1.30 bits per heavy atom. The summed E-state index contributed by atoms with van der Waals surface area (Å²) in [6.45, 7) is 2.51. The highest BCUT2D eigenvalue weighted by Gasteiger charge is 2.32. The Kier molecular flexibility index (Phi) is 4.14. The standard InChI is InChI=1S/C16H20N2O4S/c1-11(23(2,20)21)16(19)18-9-7-12(8-10-18)15-17-13-5-3-4-6-14(13)22-15/h3-6,11-12H,7-10H2,1-2H3/t11-/m1/s1. The average molecular weight is 336 g/mol. The van der Waals surface area contributed by atoms with Gasteiger partial charge in [0, 0.05) is 25.3 Å². The van der Waals surface area contributed by atoms with E-state index in [0.29, 0.717) is 19.0 Å². The maximum atomic E-state index is 12.2. The quantitative estimate of drug-likeness (QED) is 0.856. The van der Waals surface area contributed by atoms with Gasteiger partial charge in [-0.25, -0.2) is 13.4 Å². The third-order valence-electron chi connectivity index (χ3n) is 4.46. The molecule has 7 heteroatoms. The number of carbonyl (C=O) groups is 1. The number of hydrogen-bond acceptors (Lipinski definition) is 5. The van der Waals surface area contributed by atoms with Crippen LogP contribution in [-0.4, -0.2) is 48.8 Å². The molecule has 0 radical (unpaired) electrons. The van der Waals surface area contributed by atoms with Crippen LogP contribution >= 0.6 is 0 Å². The number of hydrogen-bond donors (Lipinski definition) is 0. The van der Waals surface area contributed by atoms with E-state index < -0.39 is 15.1 Å². The van der Waals surface area contributed by atoms with Crippen molar-refractivity contribution in [3.8, 4) is 0 Å². The molecule has 0 spiro atoms. The maximum Gasteiger partial charge on any atom is 0.240 e. The zero-order chi connectivity index (χ0) is 16.6. The first-order chi connectivity index (χ1) is 10.9. The summed E-state index contributed by atoms with van der Waals surface area (Å²) in [6.07, 6.45) is 2.56. The second kappa shape index (κ2) is 5.96. The Balaban J connectivity index is 1.67. The average Bonchev–Trinajstić information content (AvgIpc) is 2.96. The first-order valence-corrected chi connectivity index (χ1v) is 9.65. The fraction of sp³-hybridized carbons (Fsp3) is 0.500. The first-order valence-electron chi connectivity index (χ1n) is 7.69. The van der Waals surface area contributed by atoms with Crippen molar-refractivity contribution in [2.45, 2.75) is 30.9 Å². The lowest BCUT2D eigenvalue weighted by atomic mass is 9.96. The summed E-state index contributed by atoms with van der Waals surface area (Å²) in [4.78, 5) is 18.4. The normalized spacial score (nSPS) is 18.3. The predicted molar refractivity (Wildman–Crippen MR) is 86.9 cm³/mol. The molecule has 2 heterocycles. The van der Waals surface area contributed by atoms with Crippen molar-refractivity contribution >= 4 is 26.8 Å². The summed E-state index contributed by atoms with van der Waals surface area (Å²) in [5.74, 6) is 0.554. The van der Waals surface area contributed by atoms with Gasteiger partial charge >= 0.3 is 0 Å². The molecule has 2 aromatic rings. The van der Waals surface area contributed by atoms with E-state index in [-0.39, 0.29) is 11.8 Å². The highest BCUT2D eigenvalue weighted by atomic mass is 32.2. The number of oxazole rings is 1. The molecule has 1 aromatic carbocycles. The van der Waals surface area contributed by atoms with Gasteiger partial charge in [-0.15, -0.1) is 0 Å². The van der Waals surface area contributed by atoms with Crippen molar-refractivity contribution in [2.24, 2.45) is 0 Å². The third-order valence-corrected chi connectivity index (χ3v) is 5.94. The van der Waals surface area contributed by atoms with E-state index in [4.69, 9.17) is 4.42 Å². The molecule has 0 N–H and O–H groups in total. The monoisotopic (exact) mass is 336 g/mol. The molecule has 1 saturated heterocycles. The van der Waals surface area contributed by atoms with E-state index in [0.717, 1.165) is 30.2 Å². The van der Waals surface area contributed by atoms with Gasteiger partial charge in [0.25, 0.3) is 0 Å². The molecule has 23 heavy (non-hydrogen) atoms. The van der Waals surface area contributed by atoms with Crippen molar-refractivity contribution in [3.05, 3.63) is 30.2 Å². The van der Waals surface area contributed by atoms with Gasteiger partial charge in [-0.05, 0) is 31.9 Å². The van der Waals surface area contributed by atoms with Crippen molar-refractivity contribution in [1.82, 2.24) is 9.88 Å². The summed E-state index contributed by atoms with van der Waals surface area (Å²) in [5.41, 5.74) is 1.61. The van der Waals surface area contributed by atoms with Gasteiger partial charge in [0.15, 0.2) is 21.3 Å². The van der Waals surface area contributed by atoms with Gasteiger partial charge in [0.05, 0.1) is 0 Å². The van der Waals surface area contributed by atoms with Crippen LogP contribution in [0.25, 0.3) is 11.1 Å². The predicted octanol–water partition coefficient (Wildman–Crippen LogP) is 1.97. The highest BCUT2D eigenvalue weighted by Crippen LogP contribution is 2.30. The van der Waals surface area contributed by atoms with Crippen molar-refractivity contribution in [2.75, 3.05) is 19.3 Å². The van der Waals surface area contributed by atoms with Crippen LogP contribution in [0.2, 0.25) is 0 Å². The van der Waals surface area contributed by atoms with E-state index in [2.05, 4.69) is 4.98 Å². The van der Waals surface area contributed by atoms with Gasteiger partial charge in [-0.1, -0.05) is 12.1 Å². The minimum absolute atomic E-state index is 0.167. The Bertz CT molecular complexity index is 786. The number of fused-ring (bicyclic) bond motifs is 1. The number of aromatic nitrogens is 1. The summed E-state index contributed by atoms with van der Waals surface area (Å²) in [7, 11) is -3.36. The van der Waals surface area contributed by atoms with Crippen LogP contribution < -0.4 is 0 Å². The Labute approximate surface area is 135 Å². The minimum atomic E-state index is -3.36. The van der Waals surface area contributed by atoms with Crippen LogP contribution in [0.1, 0.15) is 31.6 Å². The van der Waals surface area contributed by atoms with E-state index in [1.54, 1.807) is 4.90 Å². The summed E-state index contributed by atoms with van der Waals surface area (Å²) in [6, 6.07) is 7.63. The largest absolute Gasteiger partial charge is 0.440 e. The molecule has 0 aliphatic carbocycles. The van der Waals surface area contributed by atoms with Crippen molar-refractivity contribution in [1.29, 1.82) is 0 Å². The highest BCUT2D eigenvalue weighted by molar-refractivity contribution is 7.92. The number of sulfone groups is 1. The maximum absolute atomic E-state index is 12.2. The van der Waals surface area contributed by atoms with Gasteiger partial charge in [0.1, 0.15) is 10.8 Å². The molecule has 1 aliphatic heterocycles. The molecule has 3 rings (SSSR count). The Hall–Kier alpha value is -1.89. The summed E-state index contributed by atoms with van der Waals surface area (Å²) >= 11 is 0. The molecule has 124 valence electrons. The molecular weight excluding hydrogens is 316 g/mol. The second-order valence-corrected chi connectivity index (χ2v) is 8.46. The van der Waals surface area contributed by atoms with Gasteiger partial charge in [-0.3, -0.25) is 4.79 Å². The SMILES string of the molecule is C[C@H](C(=O)N1CCC(c2nc3ccccc3o2)CC1)S(C)(=O)=O. The zero-order valence-corrected chi connectivity index (χ0v) is 14.0. The molecule has 0 bridgehead atoms. The van der Waals surface area contributed by atoms with Gasteiger partial charge < -0.3 is 9.32 Å². The molecular formula is C16H20N2O4S. The first kappa shape index (κ1) is 16.0. The van der Waals surface area contributed by atoms with Crippen LogP contribution in [0.5, 0.6) is 0 Å². The number of rotatable bonds is 3. The molecule has 1 atom stereocenters. The van der Waals surface area contributed by atoms with E-state index in [9.17, 15) is 13.2 Å². The van der Waals surface area contributed by atoms with Gasteiger partial charge in [0.2, 0.25) is 5.91 Å². The lowest BCUT2D eigenvalue weighted by Crippen LogP contribution is -2.44. The third kappa shape index (κ3) is 3.24. The number of amides is 1. The second-order valence-electron chi connectivity index (χ2n) is 6.09. The molecule has 1 fully saturated rings. The van der Waals surface area contributed by atoms with Crippen LogP contribution in [0.3, 0.4) is 0 Å². The number of carbonyl (C=O) groups excluding carboxylic acids is 1. The van der Waals surface area contributed by atoms with Crippen molar-refractivity contribution < 1.29 is 17.6 Å². The van der Waals surface area contributed by atoms with E-state index in [1.165, 1.54) is 6.92 Å².